The number of ketones is 1. The zero-order valence-electron chi connectivity index (χ0n) is 12.3. The molecule has 1 amide bonds. The smallest absolute Gasteiger partial charge is 0.412 e. The third kappa shape index (κ3) is 2.96. The first-order valence-electron chi connectivity index (χ1n) is 7.19. The highest BCUT2D eigenvalue weighted by molar-refractivity contribution is 5.94. The predicted octanol–water partition coefficient (Wildman–Crippen LogP) is 0.214. The van der Waals surface area contributed by atoms with Crippen molar-refractivity contribution in [2.75, 3.05) is 18.5 Å². The van der Waals surface area contributed by atoms with Crippen molar-refractivity contribution in [3.8, 4) is 0 Å². The summed E-state index contributed by atoms with van der Waals surface area (Å²) in [5.41, 5.74) is 5.10. The molecule has 22 heavy (non-hydrogen) atoms. The number of ether oxygens (including phenoxy) is 3. The van der Waals surface area contributed by atoms with Gasteiger partial charge in [-0.25, -0.2) is 4.79 Å². The molecule has 0 radical (unpaired) electrons. The van der Waals surface area contributed by atoms with Crippen molar-refractivity contribution in [3.63, 3.8) is 0 Å². The van der Waals surface area contributed by atoms with Crippen LogP contribution in [0, 0.1) is 0 Å². The van der Waals surface area contributed by atoms with Crippen LogP contribution in [-0.4, -0.2) is 49.4 Å². The summed E-state index contributed by atoms with van der Waals surface area (Å²) < 4.78 is 16.5. The fourth-order valence-corrected chi connectivity index (χ4v) is 2.72. The third-order valence-corrected chi connectivity index (χ3v) is 3.91. The minimum atomic E-state index is -0.569. The fourth-order valence-electron chi connectivity index (χ4n) is 2.72. The number of Topliss-reactive ketones (excluding diaryl/α,β-unsaturated/α-hetero) is 1. The lowest BCUT2D eigenvalue weighted by Crippen LogP contribution is -2.66. The van der Waals surface area contributed by atoms with Gasteiger partial charge >= 0.3 is 6.09 Å². The number of fused-ring (bicyclic) bond motifs is 1. The zero-order chi connectivity index (χ0) is 15.7. The highest BCUT2D eigenvalue weighted by atomic mass is 16.6. The Morgan fingerprint density at radius 2 is 1.86 bits per heavy atom. The lowest BCUT2D eigenvalue weighted by molar-refractivity contribution is -0.430. The summed E-state index contributed by atoms with van der Waals surface area (Å²) in [7, 11) is 0. The summed E-state index contributed by atoms with van der Waals surface area (Å²) in [6.45, 7) is 2.33. The molecule has 1 aromatic carbocycles. The van der Waals surface area contributed by atoms with Crippen molar-refractivity contribution in [1.82, 2.24) is 0 Å². The van der Waals surface area contributed by atoms with E-state index in [0.29, 0.717) is 24.5 Å². The molecule has 0 spiro atoms. The molecule has 0 aliphatic carbocycles. The SMILES string of the molecule is CC(=O)c1ccc(NC(=O)O[C@@H]2CO[C@H]3[C@@H]2OC[C@@H]3[NH3+])cc1. The molecule has 2 saturated heterocycles. The van der Waals surface area contributed by atoms with Crippen LogP contribution in [0.15, 0.2) is 24.3 Å². The summed E-state index contributed by atoms with van der Waals surface area (Å²) in [4.78, 5) is 23.1. The second kappa shape index (κ2) is 6.04. The van der Waals surface area contributed by atoms with Gasteiger partial charge in [-0.05, 0) is 31.2 Å². The molecule has 2 heterocycles. The Morgan fingerprint density at radius 1 is 1.18 bits per heavy atom. The van der Waals surface area contributed by atoms with Gasteiger partial charge in [0.25, 0.3) is 0 Å². The molecule has 3 rings (SSSR count). The van der Waals surface area contributed by atoms with Crippen molar-refractivity contribution < 1.29 is 29.5 Å². The number of amides is 1. The van der Waals surface area contributed by atoms with E-state index in [-0.39, 0.29) is 24.0 Å². The van der Waals surface area contributed by atoms with Gasteiger partial charge in [0, 0.05) is 11.3 Å². The molecular weight excluding hydrogens is 288 g/mol. The van der Waals surface area contributed by atoms with Gasteiger partial charge in [0.05, 0.1) is 6.61 Å². The first-order chi connectivity index (χ1) is 10.5. The van der Waals surface area contributed by atoms with Crippen molar-refractivity contribution in [2.45, 2.75) is 31.3 Å². The van der Waals surface area contributed by atoms with Crippen molar-refractivity contribution in [3.05, 3.63) is 29.8 Å². The van der Waals surface area contributed by atoms with Gasteiger partial charge in [0.1, 0.15) is 24.9 Å². The molecule has 0 bridgehead atoms. The first-order valence-corrected chi connectivity index (χ1v) is 7.19. The van der Waals surface area contributed by atoms with Gasteiger partial charge in [-0.3, -0.25) is 10.1 Å². The number of carbonyl (C=O) groups is 2. The lowest BCUT2D eigenvalue weighted by atomic mass is 10.1. The Balaban J connectivity index is 1.55. The minimum absolute atomic E-state index is 0.0237. The van der Waals surface area contributed by atoms with Gasteiger partial charge < -0.3 is 19.9 Å². The van der Waals surface area contributed by atoms with E-state index >= 15 is 0 Å². The Kier molecular flexibility index (Phi) is 4.10. The van der Waals surface area contributed by atoms with Crippen LogP contribution in [0.2, 0.25) is 0 Å². The molecule has 0 saturated carbocycles. The Hall–Kier alpha value is -1.96. The molecule has 7 nitrogen and oxygen atoms in total. The molecule has 0 aromatic heterocycles. The van der Waals surface area contributed by atoms with Crippen molar-refractivity contribution in [2.24, 2.45) is 0 Å². The zero-order valence-corrected chi connectivity index (χ0v) is 12.3. The van der Waals surface area contributed by atoms with E-state index in [4.69, 9.17) is 14.2 Å². The number of hydrogen-bond donors (Lipinski definition) is 2. The second-order valence-electron chi connectivity index (χ2n) is 5.56. The van der Waals surface area contributed by atoms with Crippen molar-refractivity contribution in [1.29, 1.82) is 0 Å². The largest absolute Gasteiger partial charge is 0.441 e. The van der Waals surface area contributed by atoms with E-state index in [1.54, 1.807) is 24.3 Å². The van der Waals surface area contributed by atoms with Gasteiger partial charge in [0.15, 0.2) is 11.9 Å². The van der Waals surface area contributed by atoms with Crippen LogP contribution >= 0.6 is 0 Å². The first kappa shape index (κ1) is 15.0. The molecule has 2 aliphatic rings. The molecule has 1 aromatic rings. The second-order valence-corrected chi connectivity index (χ2v) is 5.56. The van der Waals surface area contributed by atoms with E-state index in [1.807, 2.05) is 0 Å². The number of rotatable bonds is 3. The van der Waals surface area contributed by atoms with Crippen LogP contribution in [0.3, 0.4) is 0 Å². The Bertz CT molecular complexity index is 574. The van der Waals surface area contributed by atoms with E-state index in [0.717, 1.165) is 0 Å². The maximum atomic E-state index is 11.9. The highest BCUT2D eigenvalue weighted by Gasteiger charge is 2.50. The van der Waals surface area contributed by atoms with Gasteiger partial charge in [-0.1, -0.05) is 0 Å². The van der Waals surface area contributed by atoms with Crippen LogP contribution in [0.25, 0.3) is 0 Å². The standard InChI is InChI=1S/C15H18N2O5/c1-8(18)9-2-4-10(5-3-9)17-15(19)22-12-7-21-13-11(16)6-20-14(12)13/h2-5,11-14H,6-7,16H2,1H3,(H,17,19)/p+1/t11-,12+,13+,14+/m0/s1. The summed E-state index contributed by atoms with van der Waals surface area (Å²) >= 11 is 0. The number of nitrogens with one attached hydrogen (secondary N) is 1. The van der Waals surface area contributed by atoms with Crippen molar-refractivity contribution >= 4 is 17.6 Å². The molecule has 0 unspecified atom stereocenters. The number of anilines is 1. The maximum Gasteiger partial charge on any atom is 0.412 e. The molecule has 2 aliphatic heterocycles. The average Bonchev–Trinajstić information content (AvgIpc) is 3.04. The molecule has 118 valence electrons. The summed E-state index contributed by atoms with van der Waals surface area (Å²) in [6, 6.07) is 6.69. The fraction of sp³-hybridized carbons (Fsp3) is 0.467. The highest BCUT2D eigenvalue weighted by Crippen LogP contribution is 2.27. The van der Waals surface area contributed by atoms with Gasteiger partial charge in [-0.2, -0.15) is 0 Å². The summed E-state index contributed by atoms with van der Waals surface area (Å²) in [5, 5.41) is 2.63. The van der Waals surface area contributed by atoms with E-state index < -0.39 is 12.2 Å². The Labute approximate surface area is 127 Å². The van der Waals surface area contributed by atoms with E-state index in [9.17, 15) is 9.59 Å². The molecule has 2 fully saturated rings. The maximum absolute atomic E-state index is 11.9. The van der Waals surface area contributed by atoms with E-state index in [1.165, 1.54) is 6.92 Å². The number of carbonyl (C=O) groups excluding carboxylic acids is 2. The monoisotopic (exact) mass is 307 g/mol. The van der Waals surface area contributed by atoms with Gasteiger partial charge in [-0.15, -0.1) is 0 Å². The van der Waals surface area contributed by atoms with Crippen LogP contribution < -0.4 is 11.1 Å². The molecular formula is C15H19N2O5+. The third-order valence-electron chi connectivity index (χ3n) is 3.91. The normalized spacial score (nSPS) is 29.9. The van der Waals surface area contributed by atoms with Crippen LogP contribution in [0.1, 0.15) is 17.3 Å². The van der Waals surface area contributed by atoms with Crippen LogP contribution in [0.4, 0.5) is 10.5 Å². The summed E-state index contributed by atoms with van der Waals surface area (Å²) in [5.74, 6) is -0.0237. The predicted molar refractivity (Wildman–Crippen MR) is 76.5 cm³/mol. The Morgan fingerprint density at radius 3 is 2.55 bits per heavy atom. The number of quaternary nitrogens is 1. The molecule has 4 N–H and O–H groups in total. The topological polar surface area (TPSA) is 102 Å². The van der Waals surface area contributed by atoms with E-state index in [2.05, 4.69) is 11.1 Å². The summed E-state index contributed by atoms with van der Waals surface area (Å²) in [6.07, 6.45) is -1.34. The number of benzene rings is 1. The van der Waals surface area contributed by atoms with Gasteiger partial charge in [0.2, 0.25) is 0 Å². The van der Waals surface area contributed by atoms with Crippen LogP contribution in [-0.2, 0) is 14.2 Å². The number of hydrogen-bond acceptors (Lipinski definition) is 5. The van der Waals surface area contributed by atoms with Crippen LogP contribution in [0.5, 0.6) is 0 Å². The minimum Gasteiger partial charge on any atom is -0.441 e. The lowest BCUT2D eigenvalue weighted by Gasteiger charge is -2.16. The quantitative estimate of drug-likeness (QED) is 0.778. The average molecular weight is 307 g/mol. The molecule has 4 atom stereocenters. The molecule has 7 heteroatoms.